The standard InChI is InChI=1S/C17H19N5O3S/c1-11-17(12(2)21-20-11)26(23,24)22-16-9-6-14(10-18-16)19-13-4-7-15(25-3)8-5-13/h4-10,19H,1-3H3,(H,18,22)(H,20,21). The second-order valence-electron chi connectivity index (χ2n) is 5.65. The zero-order valence-corrected chi connectivity index (χ0v) is 15.4. The highest BCUT2D eigenvalue weighted by Crippen LogP contribution is 2.22. The molecule has 0 spiro atoms. The Morgan fingerprint density at radius 3 is 2.27 bits per heavy atom. The van der Waals surface area contributed by atoms with Crippen molar-refractivity contribution in [3.63, 3.8) is 0 Å². The van der Waals surface area contributed by atoms with Gasteiger partial charge in [-0.3, -0.25) is 9.82 Å². The van der Waals surface area contributed by atoms with Gasteiger partial charge in [-0.15, -0.1) is 0 Å². The van der Waals surface area contributed by atoms with Gasteiger partial charge in [0.15, 0.2) is 0 Å². The molecule has 0 saturated heterocycles. The third kappa shape index (κ3) is 3.77. The minimum absolute atomic E-state index is 0.139. The number of hydrogen-bond acceptors (Lipinski definition) is 6. The van der Waals surface area contributed by atoms with Gasteiger partial charge in [0.2, 0.25) is 0 Å². The summed E-state index contributed by atoms with van der Waals surface area (Å²) in [5.41, 5.74) is 2.49. The highest BCUT2D eigenvalue weighted by atomic mass is 32.2. The number of nitrogens with one attached hydrogen (secondary N) is 3. The smallest absolute Gasteiger partial charge is 0.266 e. The number of nitrogens with zero attached hydrogens (tertiary/aromatic N) is 2. The van der Waals surface area contributed by atoms with Crippen LogP contribution in [0.2, 0.25) is 0 Å². The van der Waals surface area contributed by atoms with Crippen LogP contribution in [0.1, 0.15) is 11.4 Å². The van der Waals surface area contributed by atoms with Gasteiger partial charge in [0.25, 0.3) is 10.0 Å². The lowest BCUT2D eigenvalue weighted by atomic mass is 10.3. The number of aryl methyl sites for hydroxylation is 2. The molecule has 3 aromatic rings. The van der Waals surface area contributed by atoms with E-state index >= 15 is 0 Å². The van der Waals surface area contributed by atoms with Crippen molar-refractivity contribution in [2.24, 2.45) is 0 Å². The van der Waals surface area contributed by atoms with Crippen LogP contribution in [0.15, 0.2) is 47.5 Å². The van der Waals surface area contributed by atoms with Gasteiger partial charge in [-0.05, 0) is 50.2 Å². The van der Waals surface area contributed by atoms with E-state index in [1.165, 1.54) is 0 Å². The van der Waals surface area contributed by atoms with Crippen LogP contribution >= 0.6 is 0 Å². The van der Waals surface area contributed by atoms with Crippen LogP contribution in [0.4, 0.5) is 17.2 Å². The fourth-order valence-electron chi connectivity index (χ4n) is 2.49. The molecular weight excluding hydrogens is 354 g/mol. The summed E-state index contributed by atoms with van der Waals surface area (Å²) in [5, 5.41) is 9.76. The number of methoxy groups -OCH3 is 1. The third-order valence-electron chi connectivity index (χ3n) is 3.71. The van der Waals surface area contributed by atoms with Crippen molar-refractivity contribution in [1.82, 2.24) is 15.2 Å². The molecule has 0 saturated carbocycles. The molecule has 0 aliphatic rings. The zero-order chi connectivity index (χ0) is 18.7. The minimum atomic E-state index is -3.75. The number of sulfonamides is 1. The minimum Gasteiger partial charge on any atom is -0.497 e. The van der Waals surface area contributed by atoms with E-state index in [1.807, 2.05) is 24.3 Å². The van der Waals surface area contributed by atoms with E-state index in [-0.39, 0.29) is 10.7 Å². The maximum Gasteiger partial charge on any atom is 0.266 e. The first-order chi connectivity index (χ1) is 12.4. The molecule has 1 aromatic carbocycles. The maximum atomic E-state index is 12.5. The molecule has 3 N–H and O–H groups in total. The lowest BCUT2D eigenvalue weighted by molar-refractivity contribution is 0.415. The van der Waals surface area contributed by atoms with Crippen LogP contribution in [-0.4, -0.2) is 30.7 Å². The number of anilines is 3. The first-order valence-corrected chi connectivity index (χ1v) is 9.29. The Morgan fingerprint density at radius 2 is 1.73 bits per heavy atom. The third-order valence-corrected chi connectivity index (χ3v) is 5.33. The van der Waals surface area contributed by atoms with Gasteiger partial charge in [-0.2, -0.15) is 5.10 Å². The van der Waals surface area contributed by atoms with Crippen molar-refractivity contribution in [1.29, 1.82) is 0 Å². The summed E-state index contributed by atoms with van der Waals surface area (Å²) in [7, 11) is -2.14. The van der Waals surface area contributed by atoms with Gasteiger partial charge in [-0.1, -0.05) is 0 Å². The molecule has 3 rings (SSSR count). The van der Waals surface area contributed by atoms with Crippen molar-refractivity contribution in [3.8, 4) is 5.75 Å². The van der Waals surface area contributed by atoms with Gasteiger partial charge in [-0.25, -0.2) is 13.4 Å². The van der Waals surface area contributed by atoms with Gasteiger partial charge in [0.1, 0.15) is 16.5 Å². The van der Waals surface area contributed by atoms with Crippen LogP contribution < -0.4 is 14.8 Å². The zero-order valence-electron chi connectivity index (χ0n) is 14.6. The number of aromatic nitrogens is 3. The molecule has 0 unspecified atom stereocenters. The predicted octanol–water partition coefficient (Wildman–Crippen LogP) is 2.97. The van der Waals surface area contributed by atoms with Crippen molar-refractivity contribution in [2.45, 2.75) is 18.7 Å². The highest BCUT2D eigenvalue weighted by molar-refractivity contribution is 7.92. The Bertz CT molecular complexity index is 976. The van der Waals surface area contributed by atoms with E-state index in [0.29, 0.717) is 11.4 Å². The summed E-state index contributed by atoms with van der Waals surface area (Å²) in [6.07, 6.45) is 1.55. The van der Waals surface area contributed by atoms with E-state index in [1.54, 1.807) is 39.3 Å². The Hall–Kier alpha value is -3.07. The maximum absolute atomic E-state index is 12.5. The monoisotopic (exact) mass is 373 g/mol. The van der Waals surface area contributed by atoms with E-state index in [9.17, 15) is 8.42 Å². The molecule has 0 aliphatic heterocycles. The average Bonchev–Trinajstić information content (AvgIpc) is 2.96. The van der Waals surface area contributed by atoms with Gasteiger partial charge in [0, 0.05) is 5.69 Å². The molecule has 2 aromatic heterocycles. The van der Waals surface area contributed by atoms with Crippen LogP contribution in [0.25, 0.3) is 0 Å². The van der Waals surface area contributed by atoms with E-state index in [0.717, 1.165) is 17.1 Å². The molecule has 0 amide bonds. The molecular formula is C17H19N5O3S. The molecule has 26 heavy (non-hydrogen) atoms. The van der Waals surface area contributed by atoms with Gasteiger partial charge < -0.3 is 10.1 Å². The molecule has 136 valence electrons. The number of H-pyrrole nitrogens is 1. The number of hydrogen-bond donors (Lipinski definition) is 3. The fourth-order valence-corrected chi connectivity index (χ4v) is 3.88. The second-order valence-corrected chi connectivity index (χ2v) is 7.27. The second kappa shape index (κ2) is 7.04. The van der Waals surface area contributed by atoms with Crippen molar-refractivity contribution in [2.75, 3.05) is 17.1 Å². The Labute approximate surface area is 151 Å². The summed E-state index contributed by atoms with van der Waals surface area (Å²) in [6.45, 7) is 3.29. The largest absolute Gasteiger partial charge is 0.497 e. The number of pyridine rings is 1. The van der Waals surface area contributed by atoms with Crippen LogP contribution in [0.5, 0.6) is 5.75 Å². The summed E-state index contributed by atoms with van der Waals surface area (Å²) >= 11 is 0. The molecule has 8 nitrogen and oxygen atoms in total. The lowest BCUT2D eigenvalue weighted by Gasteiger charge is -2.10. The average molecular weight is 373 g/mol. The molecule has 0 fully saturated rings. The number of benzene rings is 1. The molecule has 9 heteroatoms. The van der Waals surface area contributed by atoms with E-state index in [4.69, 9.17) is 4.74 Å². The van der Waals surface area contributed by atoms with Crippen LogP contribution in [-0.2, 0) is 10.0 Å². The SMILES string of the molecule is COc1ccc(Nc2ccc(NS(=O)(=O)c3c(C)n[nH]c3C)nc2)cc1. The normalized spacial score (nSPS) is 11.2. The molecule has 2 heterocycles. The Kier molecular flexibility index (Phi) is 4.81. The van der Waals surface area contributed by atoms with E-state index in [2.05, 4.69) is 25.2 Å². The quantitative estimate of drug-likeness (QED) is 0.613. The predicted molar refractivity (Wildman–Crippen MR) is 99.4 cm³/mol. The number of ether oxygens (including phenoxy) is 1. The van der Waals surface area contributed by atoms with E-state index < -0.39 is 10.0 Å². The van der Waals surface area contributed by atoms with Gasteiger partial charge in [0.05, 0.1) is 30.4 Å². The molecule has 0 radical (unpaired) electrons. The topological polar surface area (TPSA) is 109 Å². The molecule has 0 bridgehead atoms. The summed E-state index contributed by atoms with van der Waals surface area (Å²) in [5.74, 6) is 0.994. The molecule has 0 atom stereocenters. The number of aromatic amines is 1. The number of rotatable bonds is 6. The first-order valence-electron chi connectivity index (χ1n) is 7.80. The van der Waals surface area contributed by atoms with Gasteiger partial charge >= 0.3 is 0 Å². The van der Waals surface area contributed by atoms with Crippen LogP contribution in [0.3, 0.4) is 0 Å². The van der Waals surface area contributed by atoms with Crippen molar-refractivity contribution >= 4 is 27.2 Å². The Balaban J connectivity index is 1.73. The van der Waals surface area contributed by atoms with Crippen molar-refractivity contribution in [3.05, 3.63) is 54.0 Å². The fraction of sp³-hybridized carbons (Fsp3) is 0.176. The van der Waals surface area contributed by atoms with Crippen LogP contribution in [0, 0.1) is 13.8 Å². The lowest BCUT2D eigenvalue weighted by Crippen LogP contribution is -2.15. The first kappa shape index (κ1) is 17.7. The summed E-state index contributed by atoms with van der Waals surface area (Å²) < 4.78 is 32.6. The van der Waals surface area contributed by atoms with Crippen molar-refractivity contribution < 1.29 is 13.2 Å². The Morgan fingerprint density at radius 1 is 1.04 bits per heavy atom. The highest BCUT2D eigenvalue weighted by Gasteiger charge is 2.22. The summed E-state index contributed by atoms with van der Waals surface area (Å²) in [4.78, 5) is 4.29. The molecule has 0 aliphatic carbocycles. The summed E-state index contributed by atoms with van der Waals surface area (Å²) in [6, 6.07) is 10.8.